The van der Waals surface area contributed by atoms with Gasteiger partial charge in [0.15, 0.2) is 0 Å². The van der Waals surface area contributed by atoms with Crippen molar-refractivity contribution in [3.05, 3.63) is 35.5 Å². The smallest absolute Gasteiger partial charge is 0.114 e. The number of aliphatic hydroxyl groups excluding tert-OH is 3. The van der Waals surface area contributed by atoms with Crippen molar-refractivity contribution in [1.82, 2.24) is 0 Å². The summed E-state index contributed by atoms with van der Waals surface area (Å²) in [4.78, 5) is 0. The summed E-state index contributed by atoms with van der Waals surface area (Å²) in [7, 11) is 0. The monoisotopic (exact) mass is 476 g/mol. The lowest BCUT2D eigenvalue weighted by molar-refractivity contribution is -0.0968. The number of aliphatic hydroxyl groups is 4. The summed E-state index contributed by atoms with van der Waals surface area (Å²) < 4.78 is 5.62. The average Bonchev–Trinajstić information content (AvgIpc) is 3.11. The Morgan fingerprint density at radius 1 is 1.15 bits per heavy atom. The maximum Gasteiger partial charge on any atom is 0.114 e. The molecule has 3 rings (SSSR count). The molecule has 3 saturated carbocycles. The van der Waals surface area contributed by atoms with Crippen LogP contribution in [0, 0.1) is 17.3 Å². The van der Waals surface area contributed by atoms with Crippen molar-refractivity contribution in [2.24, 2.45) is 17.3 Å². The highest BCUT2D eigenvalue weighted by Crippen LogP contribution is 2.58. The molecule has 5 heteroatoms. The number of hydrogen-bond acceptors (Lipinski definition) is 5. The van der Waals surface area contributed by atoms with Crippen molar-refractivity contribution in [2.45, 2.75) is 115 Å². The minimum absolute atomic E-state index is 0.0281. The second-order valence-corrected chi connectivity index (χ2v) is 11.8. The van der Waals surface area contributed by atoms with Crippen LogP contribution in [0.4, 0.5) is 0 Å². The van der Waals surface area contributed by atoms with E-state index in [4.69, 9.17) is 9.84 Å². The Morgan fingerprint density at radius 3 is 2.62 bits per heavy atom. The highest BCUT2D eigenvalue weighted by molar-refractivity contribution is 5.40. The van der Waals surface area contributed by atoms with Gasteiger partial charge in [-0.1, -0.05) is 44.1 Å². The first kappa shape index (κ1) is 27.6. The van der Waals surface area contributed by atoms with Crippen LogP contribution in [0.15, 0.2) is 35.5 Å². The molecule has 0 aliphatic heterocycles. The molecule has 6 atom stereocenters. The van der Waals surface area contributed by atoms with E-state index in [2.05, 4.69) is 25.7 Å². The molecule has 0 heterocycles. The molecule has 0 aromatic rings. The van der Waals surface area contributed by atoms with E-state index in [9.17, 15) is 15.3 Å². The van der Waals surface area contributed by atoms with Crippen molar-refractivity contribution < 1.29 is 25.2 Å². The van der Waals surface area contributed by atoms with E-state index in [0.717, 1.165) is 30.8 Å². The van der Waals surface area contributed by atoms with Gasteiger partial charge in [0.25, 0.3) is 0 Å². The standard InChI is InChI=1S/C29H48O5/c1-20-22(19-25(31)27(26(20)32)34-18-8-17-30)12-11-21-9-7-16-29(4)23(13-14-24(21)29)10-5-6-15-28(2,3)33/h11-12,23-27,30-33H,1,5-10,13-19H2,2-4H3/b21-11+,22-12-/t23?,24-,25+,26+,27?,29+/m0/s1. The Morgan fingerprint density at radius 2 is 1.91 bits per heavy atom. The van der Waals surface area contributed by atoms with E-state index < -0.39 is 23.9 Å². The summed E-state index contributed by atoms with van der Waals surface area (Å²) in [6.07, 6.45) is 13.4. The van der Waals surface area contributed by atoms with Crippen LogP contribution >= 0.6 is 0 Å². The Kier molecular flexibility index (Phi) is 9.61. The maximum atomic E-state index is 10.7. The lowest BCUT2D eigenvalue weighted by atomic mass is 9.62. The molecule has 0 amide bonds. The molecule has 3 aliphatic carbocycles. The lowest BCUT2D eigenvalue weighted by Crippen LogP contribution is -2.45. The van der Waals surface area contributed by atoms with Gasteiger partial charge in [0.2, 0.25) is 0 Å². The minimum Gasteiger partial charge on any atom is -0.396 e. The fraction of sp³-hybridized carbons (Fsp3) is 0.793. The van der Waals surface area contributed by atoms with Gasteiger partial charge in [-0.25, -0.2) is 0 Å². The van der Waals surface area contributed by atoms with Crippen LogP contribution in [0.25, 0.3) is 0 Å². The largest absolute Gasteiger partial charge is 0.396 e. The third-order valence-corrected chi connectivity index (χ3v) is 8.75. The Labute approximate surface area is 206 Å². The molecular weight excluding hydrogens is 428 g/mol. The molecule has 0 spiro atoms. The van der Waals surface area contributed by atoms with E-state index in [1.807, 2.05) is 13.8 Å². The lowest BCUT2D eigenvalue weighted by Gasteiger charge is -2.42. The molecule has 0 saturated heterocycles. The second-order valence-electron chi connectivity index (χ2n) is 11.8. The normalized spacial score (nSPS) is 36.9. The van der Waals surface area contributed by atoms with Gasteiger partial charge in [-0.05, 0) is 93.6 Å². The van der Waals surface area contributed by atoms with Crippen molar-refractivity contribution >= 4 is 0 Å². The number of unbranched alkanes of at least 4 members (excludes halogenated alkanes) is 1. The minimum atomic E-state index is -0.927. The molecule has 34 heavy (non-hydrogen) atoms. The van der Waals surface area contributed by atoms with Crippen LogP contribution in [-0.4, -0.2) is 57.6 Å². The molecular formula is C29H48O5. The molecule has 3 fully saturated rings. The summed E-state index contributed by atoms with van der Waals surface area (Å²) in [6.45, 7) is 10.7. The summed E-state index contributed by atoms with van der Waals surface area (Å²) in [5.41, 5.74) is 2.84. The molecule has 5 nitrogen and oxygen atoms in total. The van der Waals surface area contributed by atoms with Crippen molar-refractivity contribution in [1.29, 1.82) is 0 Å². The van der Waals surface area contributed by atoms with E-state index >= 15 is 0 Å². The molecule has 194 valence electrons. The summed E-state index contributed by atoms with van der Waals surface area (Å²) >= 11 is 0. The zero-order chi connectivity index (χ0) is 24.9. The maximum absolute atomic E-state index is 10.7. The van der Waals surface area contributed by atoms with E-state index in [1.54, 1.807) is 0 Å². The predicted molar refractivity (Wildman–Crippen MR) is 136 cm³/mol. The first-order valence-corrected chi connectivity index (χ1v) is 13.5. The van der Waals surface area contributed by atoms with E-state index in [1.165, 1.54) is 44.1 Å². The first-order valence-electron chi connectivity index (χ1n) is 13.5. The number of rotatable bonds is 10. The van der Waals surface area contributed by atoms with Gasteiger partial charge in [0.05, 0.1) is 11.7 Å². The molecule has 0 aromatic heterocycles. The number of allylic oxidation sites excluding steroid dienone is 3. The Hall–Kier alpha value is -0.980. The van der Waals surface area contributed by atoms with Crippen LogP contribution in [-0.2, 0) is 4.74 Å². The fourth-order valence-corrected chi connectivity index (χ4v) is 6.71. The average molecular weight is 477 g/mol. The van der Waals surface area contributed by atoms with Gasteiger partial charge in [-0.15, -0.1) is 0 Å². The third kappa shape index (κ3) is 6.61. The van der Waals surface area contributed by atoms with Crippen molar-refractivity contribution in [3.63, 3.8) is 0 Å². The number of ether oxygens (including phenoxy) is 1. The van der Waals surface area contributed by atoms with Crippen LogP contribution < -0.4 is 0 Å². The van der Waals surface area contributed by atoms with Gasteiger partial charge >= 0.3 is 0 Å². The van der Waals surface area contributed by atoms with Gasteiger partial charge < -0.3 is 25.2 Å². The van der Waals surface area contributed by atoms with Gasteiger partial charge in [-0.3, -0.25) is 0 Å². The van der Waals surface area contributed by atoms with Crippen molar-refractivity contribution in [2.75, 3.05) is 13.2 Å². The number of hydrogen-bond donors (Lipinski definition) is 4. The van der Waals surface area contributed by atoms with E-state index in [0.29, 0.717) is 36.4 Å². The van der Waals surface area contributed by atoms with Crippen LogP contribution in [0.3, 0.4) is 0 Å². The van der Waals surface area contributed by atoms with Crippen molar-refractivity contribution in [3.8, 4) is 0 Å². The molecule has 0 aromatic carbocycles. The molecule has 4 N–H and O–H groups in total. The predicted octanol–water partition coefficient (Wildman–Crippen LogP) is 4.84. The first-order chi connectivity index (χ1) is 16.1. The summed E-state index contributed by atoms with van der Waals surface area (Å²) in [6, 6.07) is 0. The third-order valence-electron chi connectivity index (χ3n) is 8.75. The Balaban J connectivity index is 1.63. The quantitative estimate of drug-likeness (QED) is 0.339. The summed E-state index contributed by atoms with van der Waals surface area (Å²) in [5, 5.41) is 40.2. The van der Waals surface area contributed by atoms with Gasteiger partial charge in [0, 0.05) is 19.6 Å². The van der Waals surface area contributed by atoms with Crippen LogP contribution in [0.2, 0.25) is 0 Å². The molecule has 0 bridgehead atoms. The zero-order valence-electron chi connectivity index (χ0n) is 21.6. The Bertz CT molecular complexity index is 748. The summed E-state index contributed by atoms with van der Waals surface area (Å²) in [5.74, 6) is 1.36. The molecule has 3 aliphatic rings. The zero-order valence-corrected chi connectivity index (χ0v) is 21.6. The van der Waals surface area contributed by atoms with Crippen LogP contribution in [0.1, 0.15) is 91.4 Å². The molecule has 2 unspecified atom stereocenters. The highest BCUT2D eigenvalue weighted by atomic mass is 16.5. The van der Waals surface area contributed by atoms with Crippen LogP contribution in [0.5, 0.6) is 0 Å². The SMILES string of the molecule is C=C1/C(=C\C=C2/CCC[C@]3(C)C(CCCCC(C)(C)O)CC[C@@H]23)C[C@@H](O)C(OCCCO)[C@@H]1O. The van der Waals surface area contributed by atoms with Gasteiger partial charge in [-0.2, -0.15) is 0 Å². The topological polar surface area (TPSA) is 90.2 Å². The van der Waals surface area contributed by atoms with E-state index in [-0.39, 0.29) is 6.61 Å². The fourth-order valence-electron chi connectivity index (χ4n) is 6.71. The van der Waals surface area contributed by atoms with Gasteiger partial charge in [0.1, 0.15) is 12.2 Å². The second kappa shape index (κ2) is 11.8. The molecule has 0 radical (unpaired) electrons. The number of fused-ring (bicyclic) bond motifs is 1. The highest BCUT2D eigenvalue weighted by Gasteiger charge is 2.48.